The first-order chi connectivity index (χ1) is 11.3. The van der Waals surface area contributed by atoms with Gasteiger partial charge in [0, 0.05) is 13.1 Å². The zero-order chi connectivity index (χ0) is 17.0. The molecule has 3 nitrogen and oxygen atoms in total. The lowest BCUT2D eigenvalue weighted by molar-refractivity contribution is 0.185. The number of hydrogen-bond donors (Lipinski definition) is 2. The second-order valence-corrected chi connectivity index (χ2v) is 7.05. The minimum absolute atomic E-state index is 0.978. The van der Waals surface area contributed by atoms with Gasteiger partial charge in [-0.15, -0.1) is 0 Å². The maximum Gasteiger partial charge on any atom is 0.0285 e. The summed E-state index contributed by atoms with van der Waals surface area (Å²) in [6.07, 6.45) is 21.8. The molecule has 0 bridgehead atoms. The van der Waals surface area contributed by atoms with Crippen LogP contribution >= 0.6 is 0 Å². The number of hydrogen-bond acceptors (Lipinski definition) is 3. The Morgan fingerprint density at radius 2 is 0.957 bits per heavy atom. The van der Waals surface area contributed by atoms with Crippen molar-refractivity contribution in [2.45, 2.75) is 117 Å². The van der Waals surface area contributed by atoms with Crippen molar-refractivity contribution < 1.29 is 0 Å². The molecule has 0 aromatic heterocycles. The Morgan fingerprint density at radius 1 is 0.565 bits per heavy atom. The van der Waals surface area contributed by atoms with Crippen LogP contribution in [0.2, 0.25) is 0 Å². The van der Waals surface area contributed by atoms with Gasteiger partial charge in [0.1, 0.15) is 0 Å². The van der Waals surface area contributed by atoms with Crippen LogP contribution in [0.15, 0.2) is 0 Å². The summed E-state index contributed by atoms with van der Waals surface area (Å²) in [5, 5.41) is 1.80. The van der Waals surface area contributed by atoms with E-state index in [1.807, 2.05) is 0 Å². The first kappa shape index (κ1) is 22.9. The van der Waals surface area contributed by atoms with Crippen LogP contribution in [0.25, 0.3) is 0 Å². The average molecular weight is 328 g/mol. The Bertz CT molecular complexity index is 209. The second kappa shape index (κ2) is 19.9. The van der Waals surface area contributed by atoms with Crippen LogP contribution in [0.1, 0.15) is 117 Å². The molecule has 0 fully saturated rings. The van der Waals surface area contributed by atoms with E-state index in [0.717, 1.165) is 13.1 Å². The molecule has 0 aliphatic carbocycles. The Morgan fingerprint density at radius 3 is 1.43 bits per heavy atom. The maximum absolute atomic E-state index is 5.97. The SMILES string of the molecule is CCCCCCCCCCNN(N)CCCCCCCCCC. The molecule has 3 N–H and O–H groups in total. The molecule has 0 aliphatic heterocycles. The highest BCUT2D eigenvalue weighted by Gasteiger charge is 1.98. The lowest BCUT2D eigenvalue weighted by Gasteiger charge is -2.17. The van der Waals surface area contributed by atoms with Crippen molar-refractivity contribution in [1.82, 2.24) is 10.5 Å². The van der Waals surface area contributed by atoms with Crippen LogP contribution in [0, 0.1) is 0 Å². The fourth-order valence-corrected chi connectivity index (χ4v) is 2.98. The number of hydrazine groups is 2. The van der Waals surface area contributed by atoms with Gasteiger partial charge in [0.25, 0.3) is 0 Å². The van der Waals surface area contributed by atoms with Gasteiger partial charge < -0.3 is 0 Å². The summed E-state index contributed by atoms with van der Waals surface area (Å²) < 4.78 is 0. The Hall–Kier alpha value is -0.120. The molecule has 0 amide bonds. The number of unbranched alkanes of at least 4 members (excludes halogenated alkanes) is 14. The minimum Gasteiger partial charge on any atom is -0.255 e. The Labute approximate surface area is 146 Å². The molecule has 0 heterocycles. The second-order valence-electron chi connectivity index (χ2n) is 7.05. The van der Waals surface area contributed by atoms with Crippen LogP contribution in [-0.2, 0) is 0 Å². The average Bonchev–Trinajstić information content (AvgIpc) is 2.56. The molecule has 0 rings (SSSR count). The van der Waals surface area contributed by atoms with E-state index in [1.54, 1.807) is 5.12 Å². The van der Waals surface area contributed by atoms with Crippen molar-refractivity contribution in [2.75, 3.05) is 13.1 Å². The van der Waals surface area contributed by atoms with Gasteiger partial charge in [0.2, 0.25) is 0 Å². The number of rotatable bonds is 19. The Kier molecular flexibility index (Phi) is 19.8. The van der Waals surface area contributed by atoms with Gasteiger partial charge in [0.15, 0.2) is 0 Å². The standard InChI is InChI=1S/C20H45N3/c1-3-5-7-9-11-13-15-17-19-22-23(21)20-18-16-14-12-10-8-6-4-2/h22H,3-21H2,1-2H3. The van der Waals surface area contributed by atoms with E-state index in [2.05, 4.69) is 19.3 Å². The van der Waals surface area contributed by atoms with Gasteiger partial charge in [-0.2, -0.15) is 5.12 Å². The van der Waals surface area contributed by atoms with E-state index in [4.69, 9.17) is 5.84 Å². The summed E-state index contributed by atoms with van der Waals surface area (Å²) in [7, 11) is 0. The largest absolute Gasteiger partial charge is 0.255 e. The molecule has 0 saturated heterocycles. The summed E-state index contributed by atoms with van der Waals surface area (Å²) in [6, 6.07) is 0. The highest BCUT2D eigenvalue weighted by Crippen LogP contribution is 2.09. The zero-order valence-corrected chi connectivity index (χ0v) is 16.3. The summed E-state index contributed by atoms with van der Waals surface area (Å²) in [5.74, 6) is 5.97. The number of nitrogens with two attached hydrogens (primary N) is 1. The summed E-state index contributed by atoms with van der Waals surface area (Å²) >= 11 is 0. The molecule has 0 saturated carbocycles. The third-order valence-electron chi connectivity index (χ3n) is 4.60. The predicted octanol–water partition coefficient (Wildman–Crippen LogP) is 5.95. The molecule has 3 heteroatoms. The van der Waals surface area contributed by atoms with Crippen LogP contribution in [-0.4, -0.2) is 18.2 Å². The molecule has 0 atom stereocenters. The van der Waals surface area contributed by atoms with Gasteiger partial charge in [0.05, 0.1) is 0 Å². The number of nitrogens with zero attached hydrogens (tertiary/aromatic N) is 1. The maximum atomic E-state index is 5.97. The fraction of sp³-hybridized carbons (Fsp3) is 1.00. The highest BCUT2D eigenvalue weighted by molar-refractivity contribution is 4.51. The molecule has 0 radical (unpaired) electrons. The van der Waals surface area contributed by atoms with Crippen molar-refractivity contribution in [3.8, 4) is 0 Å². The van der Waals surface area contributed by atoms with Crippen molar-refractivity contribution in [2.24, 2.45) is 5.84 Å². The molecule has 0 aromatic rings. The van der Waals surface area contributed by atoms with Crippen LogP contribution in [0.5, 0.6) is 0 Å². The predicted molar refractivity (Wildman–Crippen MR) is 104 cm³/mol. The molecule has 23 heavy (non-hydrogen) atoms. The van der Waals surface area contributed by atoms with Gasteiger partial charge in [-0.1, -0.05) is 104 Å². The molecule has 0 aliphatic rings. The molecular formula is C20H45N3. The first-order valence-electron chi connectivity index (χ1n) is 10.6. The highest BCUT2D eigenvalue weighted by atomic mass is 15.7. The van der Waals surface area contributed by atoms with Crippen LogP contribution in [0.3, 0.4) is 0 Å². The molecule has 140 valence electrons. The smallest absolute Gasteiger partial charge is 0.0285 e. The summed E-state index contributed by atoms with van der Waals surface area (Å²) in [4.78, 5) is 0. The van der Waals surface area contributed by atoms with E-state index in [0.29, 0.717) is 0 Å². The number of nitrogens with one attached hydrogen (secondary N) is 1. The van der Waals surface area contributed by atoms with E-state index >= 15 is 0 Å². The van der Waals surface area contributed by atoms with Crippen molar-refractivity contribution >= 4 is 0 Å². The zero-order valence-electron chi connectivity index (χ0n) is 16.3. The van der Waals surface area contributed by atoms with Crippen molar-refractivity contribution in [3.05, 3.63) is 0 Å². The van der Waals surface area contributed by atoms with E-state index < -0.39 is 0 Å². The van der Waals surface area contributed by atoms with Crippen LogP contribution < -0.4 is 11.3 Å². The quantitative estimate of drug-likeness (QED) is 0.175. The van der Waals surface area contributed by atoms with Crippen molar-refractivity contribution in [3.63, 3.8) is 0 Å². The van der Waals surface area contributed by atoms with Gasteiger partial charge >= 0.3 is 0 Å². The lowest BCUT2D eigenvalue weighted by atomic mass is 10.1. The van der Waals surface area contributed by atoms with Crippen molar-refractivity contribution in [1.29, 1.82) is 0 Å². The summed E-state index contributed by atoms with van der Waals surface area (Å²) in [6.45, 7) is 6.56. The first-order valence-corrected chi connectivity index (χ1v) is 10.6. The topological polar surface area (TPSA) is 41.3 Å². The van der Waals surface area contributed by atoms with E-state index in [9.17, 15) is 0 Å². The lowest BCUT2D eigenvalue weighted by Crippen LogP contribution is -2.44. The Balaban J connectivity index is 3.11. The van der Waals surface area contributed by atoms with Gasteiger partial charge in [-0.05, 0) is 12.8 Å². The van der Waals surface area contributed by atoms with Crippen LogP contribution in [0.4, 0.5) is 0 Å². The molecule has 0 unspecified atom stereocenters. The third kappa shape index (κ3) is 19.8. The monoisotopic (exact) mass is 327 g/mol. The van der Waals surface area contributed by atoms with Gasteiger partial charge in [-0.3, -0.25) is 5.84 Å². The van der Waals surface area contributed by atoms with E-state index in [-0.39, 0.29) is 0 Å². The molecule has 0 aromatic carbocycles. The fourth-order valence-electron chi connectivity index (χ4n) is 2.98. The third-order valence-corrected chi connectivity index (χ3v) is 4.60. The minimum atomic E-state index is 0.978. The molecule has 0 spiro atoms. The molecular weight excluding hydrogens is 282 g/mol. The van der Waals surface area contributed by atoms with Gasteiger partial charge in [-0.25, -0.2) is 5.43 Å². The van der Waals surface area contributed by atoms with E-state index in [1.165, 1.54) is 103 Å². The normalized spacial score (nSPS) is 11.5. The summed E-state index contributed by atoms with van der Waals surface area (Å²) in [5.41, 5.74) is 3.32.